The molecule has 0 bridgehead atoms. The summed E-state index contributed by atoms with van der Waals surface area (Å²) >= 11 is 0. The molecule has 0 fully saturated rings. The van der Waals surface area contributed by atoms with E-state index in [0.29, 0.717) is 5.82 Å². The number of rotatable bonds is 5. The quantitative estimate of drug-likeness (QED) is 0.176. The van der Waals surface area contributed by atoms with Crippen molar-refractivity contribution in [2.45, 2.75) is 19.3 Å². The third-order valence-electron chi connectivity index (χ3n) is 12.1. The summed E-state index contributed by atoms with van der Waals surface area (Å²) in [4.78, 5) is 10.7. The third-order valence-corrected chi connectivity index (χ3v) is 12.1. The molecule has 1 aliphatic rings. The van der Waals surface area contributed by atoms with Gasteiger partial charge in [0.15, 0.2) is 5.82 Å². The number of hydrogen-bond acceptors (Lipinski definition) is 2. The van der Waals surface area contributed by atoms with Gasteiger partial charge in [0.05, 0.1) is 11.4 Å². The van der Waals surface area contributed by atoms with Gasteiger partial charge in [-0.15, -0.1) is 0 Å². The second-order valence-corrected chi connectivity index (χ2v) is 15.8. The largest absolute Gasteiger partial charge is 0.228 e. The first-order valence-electron chi connectivity index (χ1n) is 19.7. The molecule has 2 heteroatoms. The molecule has 1 aliphatic carbocycles. The maximum absolute atomic E-state index is 5.35. The van der Waals surface area contributed by atoms with Crippen LogP contribution in [0, 0.1) is 0 Å². The predicted molar refractivity (Wildman–Crippen MR) is 239 cm³/mol. The highest BCUT2D eigenvalue weighted by Gasteiger charge is 2.37. The average molecular weight is 727 g/mol. The lowest BCUT2D eigenvalue weighted by Gasteiger charge is -2.22. The molecule has 57 heavy (non-hydrogen) atoms. The Labute approximate surface area is 332 Å². The molecule has 0 spiro atoms. The highest BCUT2D eigenvalue weighted by molar-refractivity contribution is 6.06. The molecule has 9 aromatic carbocycles. The number of nitrogens with zero attached hydrogens (tertiary/aromatic N) is 2. The minimum atomic E-state index is -0.152. The second-order valence-electron chi connectivity index (χ2n) is 15.8. The Morgan fingerprint density at radius 2 is 0.912 bits per heavy atom. The van der Waals surface area contributed by atoms with Crippen LogP contribution in [-0.2, 0) is 5.41 Å². The lowest BCUT2D eigenvalue weighted by atomic mass is 9.81. The summed E-state index contributed by atoms with van der Waals surface area (Å²) in [5, 5.41) is 7.36. The van der Waals surface area contributed by atoms with Gasteiger partial charge in [0.1, 0.15) is 0 Å². The Hall–Kier alpha value is -7.16. The highest BCUT2D eigenvalue weighted by atomic mass is 14.9. The van der Waals surface area contributed by atoms with Crippen LogP contribution in [-0.4, -0.2) is 9.97 Å². The van der Waals surface area contributed by atoms with Gasteiger partial charge in [-0.05, 0) is 107 Å². The fraction of sp³-hybridized carbons (Fsp3) is 0.0545. The van der Waals surface area contributed by atoms with Gasteiger partial charge >= 0.3 is 0 Å². The normalized spacial score (nSPS) is 12.9. The van der Waals surface area contributed by atoms with E-state index in [1.54, 1.807) is 0 Å². The van der Waals surface area contributed by atoms with Gasteiger partial charge in [-0.2, -0.15) is 0 Å². The van der Waals surface area contributed by atoms with Gasteiger partial charge < -0.3 is 0 Å². The van der Waals surface area contributed by atoms with Crippen LogP contribution in [0.1, 0.15) is 25.0 Å². The molecule has 0 N–H and O–H groups in total. The first-order chi connectivity index (χ1) is 28.0. The molecule has 1 aromatic heterocycles. The molecular formula is C55H38N2. The molecular weight excluding hydrogens is 689 g/mol. The predicted octanol–water partition coefficient (Wildman–Crippen LogP) is 14.6. The van der Waals surface area contributed by atoms with Crippen LogP contribution in [0.5, 0.6) is 0 Å². The second kappa shape index (κ2) is 13.0. The van der Waals surface area contributed by atoms with E-state index < -0.39 is 0 Å². The highest BCUT2D eigenvalue weighted by Crippen LogP contribution is 2.53. The molecule has 2 nitrogen and oxygen atoms in total. The maximum Gasteiger partial charge on any atom is 0.160 e. The minimum Gasteiger partial charge on any atom is -0.228 e. The van der Waals surface area contributed by atoms with Crippen molar-refractivity contribution in [2.75, 3.05) is 0 Å². The Balaban J connectivity index is 1.09. The molecule has 268 valence electrons. The Morgan fingerprint density at radius 1 is 0.333 bits per heavy atom. The Morgan fingerprint density at radius 3 is 1.70 bits per heavy atom. The summed E-state index contributed by atoms with van der Waals surface area (Å²) in [7, 11) is 0. The number of aromatic nitrogens is 2. The summed E-state index contributed by atoms with van der Waals surface area (Å²) in [6.45, 7) is 4.70. The van der Waals surface area contributed by atoms with E-state index in [1.807, 2.05) is 6.07 Å². The molecule has 0 amide bonds. The van der Waals surface area contributed by atoms with Gasteiger partial charge in [0, 0.05) is 22.1 Å². The third kappa shape index (κ3) is 5.48. The van der Waals surface area contributed by atoms with Crippen molar-refractivity contribution >= 4 is 32.3 Å². The van der Waals surface area contributed by atoms with Crippen molar-refractivity contribution in [2.24, 2.45) is 0 Å². The molecule has 1 heterocycles. The van der Waals surface area contributed by atoms with E-state index in [0.717, 1.165) is 33.5 Å². The first-order valence-corrected chi connectivity index (χ1v) is 19.7. The molecule has 10 aromatic rings. The lowest BCUT2D eigenvalue weighted by Crippen LogP contribution is -2.14. The zero-order valence-corrected chi connectivity index (χ0v) is 31.9. The molecule has 0 radical (unpaired) electrons. The van der Waals surface area contributed by atoms with Crippen LogP contribution in [0.2, 0.25) is 0 Å². The number of hydrogen-bond donors (Lipinski definition) is 0. The van der Waals surface area contributed by atoms with Gasteiger partial charge in [-0.1, -0.05) is 178 Å². The van der Waals surface area contributed by atoms with E-state index in [-0.39, 0.29) is 5.41 Å². The SMILES string of the molecule is CC1(C)c2cc3ccccc3cc2-c2c(-c3cc(-c4ccc(-c5cccc(-c6ccc7ccccc7c6)c5)c5ccccc45)nc(-c4ccccc4)n3)cccc21. The fourth-order valence-corrected chi connectivity index (χ4v) is 9.13. The Bertz CT molecular complexity index is 3210. The van der Waals surface area contributed by atoms with Crippen LogP contribution in [0.15, 0.2) is 194 Å². The molecule has 0 saturated heterocycles. The van der Waals surface area contributed by atoms with E-state index in [4.69, 9.17) is 9.97 Å². The van der Waals surface area contributed by atoms with Crippen molar-refractivity contribution in [3.8, 4) is 67.3 Å². The molecule has 0 saturated carbocycles. The van der Waals surface area contributed by atoms with Crippen molar-refractivity contribution in [3.05, 3.63) is 205 Å². The minimum absolute atomic E-state index is 0.152. The summed E-state index contributed by atoms with van der Waals surface area (Å²) < 4.78 is 0. The van der Waals surface area contributed by atoms with Gasteiger partial charge in [-0.25, -0.2) is 9.97 Å². The van der Waals surface area contributed by atoms with Crippen molar-refractivity contribution in [1.82, 2.24) is 9.97 Å². The summed E-state index contributed by atoms with van der Waals surface area (Å²) in [5.74, 6) is 0.716. The van der Waals surface area contributed by atoms with E-state index in [1.165, 1.54) is 71.4 Å². The summed E-state index contributed by atoms with van der Waals surface area (Å²) in [6.07, 6.45) is 0. The van der Waals surface area contributed by atoms with Crippen LogP contribution in [0.3, 0.4) is 0 Å². The lowest BCUT2D eigenvalue weighted by molar-refractivity contribution is 0.661. The van der Waals surface area contributed by atoms with Gasteiger partial charge in [-0.3, -0.25) is 0 Å². The Kier molecular flexibility index (Phi) is 7.55. The van der Waals surface area contributed by atoms with Gasteiger partial charge in [0.25, 0.3) is 0 Å². The van der Waals surface area contributed by atoms with Crippen molar-refractivity contribution in [3.63, 3.8) is 0 Å². The molecule has 11 rings (SSSR count). The molecule has 0 unspecified atom stereocenters. The van der Waals surface area contributed by atoms with Crippen LogP contribution < -0.4 is 0 Å². The average Bonchev–Trinajstić information content (AvgIpc) is 3.50. The maximum atomic E-state index is 5.35. The van der Waals surface area contributed by atoms with E-state index >= 15 is 0 Å². The van der Waals surface area contributed by atoms with E-state index in [9.17, 15) is 0 Å². The smallest absolute Gasteiger partial charge is 0.160 e. The van der Waals surface area contributed by atoms with Crippen LogP contribution in [0.25, 0.3) is 99.6 Å². The fourth-order valence-electron chi connectivity index (χ4n) is 9.13. The van der Waals surface area contributed by atoms with Crippen molar-refractivity contribution < 1.29 is 0 Å². The molecule has 0 atom stereocenters. The van der Waals surface area contributed by atoms with Gasteiger partial charge in [0.2, 0.25) is 0 Å². The van der Waals surface area contributed by atoms with Crippen molar-refractivity contribution in [1.29, 1.82) is 0 Å². The zero-order valence-electron chi connectivity index (χ0n) is 31.9. The first kappa shape index (κ1) is 33.2. The standard InChI is InChI=1S/C55H38N2/c1-55(2)49-25-13-24-47(53(49)48-32-39-18-8-9-19-40(39)33-50(48)55)52-34-51(56-54(57-52)36-15-4-3-5-16-36)46-29-28-43(44-22-10-11-23-45(44)46)42-21-12-20-38(31-42)41-27-26-35-14-6-7-17-37(35)30-41/h3-34H,1-2H3. The van der Waals surface area contributed by atoms with Crippen LogP contribution in [0.4, 0.5) is 0 Å². The molecule has 0 aliphatic heterocycles. The summed E-state index contributed by atoms with van der Waals surface area (Å²) in [6, 6.07) is 70.2. The monoisotopic (exact) mass is 726 g/mol. The van der Waals surface area contributed by atoms with E-state index in [2.05, 4.69) is 202 Å². The zero-order chi connectivity index (χ0) is 38.1. The number of fused-ring (bicyclic) bond motifs is 6. The van der Waals surface area contributed by atoms with Crippen LogP contribution >= 0.6 is 0 Å². The number of benzene rings is 9. The topological polar surface area (TPSA) is 25.8 Å². The summed E-state index contributed by atoms with van der Waals surface area (Å²) in [5.41, 5.74) is 14.9.